The van der Waals surface area contributed by atoms with Gasteiger partial charge in [-0.05, 0) is 64.0 Å². The van der Waals surface area contributed by atoms with Gasteiger partial charge in [0.05, 0.1) is 11.7 Å². The smallest absolute Gasteiger partial charge is 0.241 e. The largest absolute Gasteiger partial charge is 0.366 e. The van der Waals surface area contributed by atoms with E-state index in [4.69, 9.17) is 0 Å². The molecule has 1 fully saturated rings. The molecule has 0 aromatic heterocycles. The number of carbonyl (C=O) groups is 1. The van der Waals surface area contributed by atoms with Crippen LogP contribution in [0.4, 0.5) is 11.4 Å². The molecule has 1 amide bonds. The van der Waals surface area contributed by atoms with Crippen molar-refractivity contribution in [3.63, 3.8) is 0 Å². The van der Waals surface area contributed by atoms with E-state index >= 15 is 0 Å². The lowest BCUT2D eigenvalue weighted by atomic mass is 10.1. The van der Waals surface area contributed by atoms with E-state index in [2.05, 4.69) is 15.2 Å². The van der Waals surface area contributed by atoms with Gasteiger partial charge in [0, 0.05) is 19.8 Å². The quantitative estimate of drug-likeness (QED) is 0.686. The SMILES string of the molecule is C/C(=N\c1ccc(NC(=O)C(C)N2CCCCC2)cc1)N(C)C. The van der Waals surface area contributed by atoms with Gasteiger partial charge >= 0.3 is 0 Å². The molecule has 1 aromatic carbocycles. The highest BCUT2D eigenvalue weighted by Gasteiger charge is 2.22. The van der Waals surface area contributed by atoms with Crippen molar-refractivity contribution in [1.82, 2.24) is 9.80 Å². The zero-order chi connectivity index (χ0) is 16.8. The minimum atomic E-state index is -0.0796. The van der Waals surface area contributed by atoms with Crippen molar-refractivity contribution in [3.8, 4) is 0 Å². The summed E-state index contributed by atoms with van der Waals surface area (Å²) in [6.07, 6.45) is 3.66. The zero-order valence-electron chi connectivity index (χ0n) is 14.7. The second-order valence-corrected chi connectivity index (χ2v) is 6.36. The number of nitrogens with zero attached hydrogens (tertiary/aromatic N) is 3. The van der Waals surface area contributed by atoms with Crippen LogP contribution in [-0.4, -0.2) is 54.8 Å². The van der Waals surface area contributed by atoms with Gasteiger partial charge in [-0.15, -0.1) is 0 Å². The van der Waals surface area contributed by atoms with E-state index in [0.29, 0.717) is 0 Å². The molecule has 1 unspecified atom stereocenters. The number of nitrogens with one attached hydrogen (secondary N) is 1. The van der Waals surface area contributed by atoms with E-state index < -0.39 is 0 Å². The van der Waals surface area contributed by atoms with Crippen LogP contribution >= 0.6 is 0 Å². The molecule has 2 rings (SSSR count). The third-order valence-electron chi connectivity index (χ3n) is 4.39. The van der Waals surface area contributed by atoms with Gasteiger partial charge in [0.2, 0.25) is 5.91 Å². The predicted octanol–water partition coefficient (Wildman–Crippen LogP) is 3.11. The number of aliphatic imine (C=N–C) groups is 1. The summed E-state index contributed by atoms with van der Waals surface area (Å²) in [6.45, 7) is 5.99. The van der Waals surface area contributed by atoms with Crippen molar-refractivity contribution in [1.29, 1.82) is 0 Å². The molecule has 1 aliphatic heterocycles. The fourth-order valence-corrected chi connectivity index (χ4v) is 2.62. The summed E-state index contributed by atoms with van der Waals surface area (Å²) >= 11 is 0. The van der Waals surface area contributed by atoms with Crippen LogP contribution in [0.5, 0.6) is 0 Å². The Bertz CT molecular complexity index is 545. The van der Waals surface area contributed by atoms with Crippen molar-refractivity contribution >= 4 is 23.1 Å². The van der Waals surface area contributed by atoms with Gasteiger partial charge < -0.3 is 10.2 Å². The predicted molar refractivity (Wildman–Crippen MR) is 96.4 cm³/mol. The molecule has 1 aliphatic rings. The van der Waals surface area contributed by atoms with Gasteiger partial charge in [-0.1, -0.05) is 6.42 Å². The van der Waals surface area contributed by atoms with Crippen molar-refractivity contribution in [3.05, 3.63) is 24.3 Å². The Kier molecular flexibility index (Phi) is 6.16. The highest BCUT2D eigenvalue weighted by atomic mass is 16.2. The van der Waals surface area contributed by atoms with Crippen LogP contribution in [0.25, 0.3) is 0 Å². The summed E-state index contributed by atoms with van der Waals surface area (Å²) in [6, 6.07) is 7.58. The molecule has 1 aromatic rings. The van der Waals surface area contributed by atoms with Crippen LogP contribution in [0, 0.1) is 0 Å². The molecule has 0 bridgehead atoms. The van der Waals surface area contributed by atoms with E-state index in [9.17, 15) is 4.79 Å². The topological polar surface area (TPSA) is 47.9 Å². The summed E-state index contributed by atoms with van der Waals surface area (Å²) in [5.41, 5.74) is 1.71. The van der Waals surface area contributed by atoms with Crippen molar-refractivity contribution < 1.29 is 4.79 Å². The maximum absolute atomic E-state index is 12.4. The van der Waals surface area contributed by atoms with Crippen molar-refractivity contribution in [2.45, 2.75) is 39.2 Å². The third-order valence-corrected chi connectivity index (χ3v) is 4.39. The number of piperidine rings is 1. The number of hydrogen-bond acceptors (Lipinski definition) is 3. The lowest BCUT2D eigenvalue weighted by Crippen LogP contribution is -2.44. The Labute approximate surface area is 139 Å². The van der Waals surface area contributed by atoms with Gasteiger partial charge in [-0.2, -0.15) is 0 Å². The van der Waals surface area contributed by atoms with Gasteiger partial charge in [0.25, 0.3) is 0 Å². The minimum absolute atomic E-state index is 0.0626. The first kappa shape index (κ1) is 17.5. The number of hydrogen-bond donors (Lipinski definition) is 1. The molecule has 23 heavy (non-hydrogen) atoms. The highest BCUT2D eigenvalue weighted by Crippen LogP contribution is 2.18. The molecule has 1 heterocycles. The first-order chi connectivity index (χ1) is 11.0. The van der Waals surface area contributed by atoms with Crippen LogP contribution in [0.1, 0.15) is 33.1 Å². The summed E-state index contributed by atoms with van der Waals surface area (Å²) < 4.78 is 0. The third kappa shape index (κ3) is 5.06. The van der Waals surface area contributed by atoms with Gasteiger partial charge in [-0.3, -0.25) is 9.69 Å². The number of anilines is 1. The van der Waals surface area contributed by atoms with Gasteiger partial charge in [0.15, 0.2) is 0 Å². The summed E-state index contributed by atoms with van der Waals surface area (Å²) in [7, 11) is 3.94. The molecule has 0 radical (unpaired) electrons. The number of amidine groups is 1. The van der Waals surface area contributed by atoms with E-state index in [1.54, 1.807) is 0 Å². The Morgan fingerprint density at radius 2 is 1.78 bits per heavy atom. The lowest BCUT2D eigenvalue weighted by molar-refractivity contribution is -0.121. The molecular formula is C18H28N4O. The average Bonchev–Trinajstić information content (AvgIpc) is 2.56. The second-order valence-electron chi connectivity index (χ2n) is 6.36. The second kappa shape index (κ2) is 8.11. The molecule has 0 aliphatic carbocycles. The molecule has 1 saturated heterocycles. The average molecular weight is 316 g/mol. The maximum Gasteiger partial charge on any atom is 0.241 e. The maximum atomic E-state index is 12.4. The monoisotopic (exact) mass is 316 g/mol. The number of likely N-dealkylation sites (tertiary alicyclic amines) is 1. The van der Waals surface area contributed by atoms with Crippen LogP contribution < -0.4 is 5.32 Å². The highest BCUT2D eigenvalue weighted by molar-refractivity contribution is 5.94. The molecule has 1 N–H and O–H groups in total. The first-order valence-corrected chi connectivity index (χ1v) is 8.35. The molecule has 5 heteroatoms. The fraction of sp³-hybridized carbons (Fsp3) is 0.556. The van der Waals surface area contributed by atoms with E-state index in [1.165, 1.54) is 19.3 Å². The lowest BCUT2D eigenvalue weighted by Gasteiger charge is -2.31. The zero-order valence-corrected chi connectivity index (χ0v) is 14.7. The van der Waals surface area contributed by atoms with Crippen LogP contribution in [0.15, 0.2) is 29.3 Å². The number of amides is 1. The first-order valence-electron chi connectivity index (χ1n) is 8.35. The molecule has 126 valence electrons. The van der Waals surface area contributed by atoms with Crippen LogP contribution in [-0.2, 0) is 4.79 Å². The number of benzene rings is 1. The van der Waals surface area contributed by atoms with E-state index in [-0.39, 0.29) is 11.9 Å². The molecule has 0 spiro atoms. The van der Waals surface area contributed by atoms with Crippen molar-refractivity contribution in [2.24, 2.45) is 4.99 Å². The van der Waals surface area contributed by atoms with Crippen LogP contribution in [0.2, 0.25) is 0 Å². The molecule has 1 atom stereocenters. The van der Waals surface area contributed by atoms with Crippen LogP contribution in [0.3, 0.4) is 0 Å². The Hall–Kier alpha value is -1.88. The summed E-state index contributed by atoms with van der Waals surface area (Å²) in [5, 5.41) is 3.00. The number of rotatable bonds is 4. The molecule has 0 saturated carbocycles. The summed E-state index contributed by atoms with van der Waals surface area (Å²) in [4.78, 5) is 21.1. The van der Waals surface area contributed by atoms with Gasteiger partial charge in [0.1, 0.15) is 5.84 Å². The van der Waals surface area contributed by atoms with E-state index in [0.717, 1.165) is 30.3 Å². The van der Waals surface area contributed by atoms with Crippen molar-refractivity contribution in [2.75, 3.05) is 32.5 Å². The Morgan fingerprint density at radius 1 is 1.17 bits per heavy atom. The summed E-state index contributed by atoms with van der Waals surface area (Å²) in [5.74, 6) is 1.01. The molecule has 5 nitrogen and oxygen atoms in total. The minimum Gasteiger partial charge on any atom is -0.366 e. The fourth-order valence-electron chi connectivity index (χ4n) is 2.62. The van der Waals surface area contributed by atoms with Gasteiger partial charge in [-0.25, -0.2) is 4.99 Å². The Morgan fingerprint density at radius 3 is 2.35 bits per heavy atom. The normalized spacial score (nSPS) is 17.7. The number of carbonyl (C=O) groups excluding carboxylic acids is 1. The Balaban J connectivity index is 1.94. The standard InChI is InChI=1S/C18H28N4O/c1-14(22-12-6-5-7-13-22)18(23)20-17-10-8-16(9-11-17)19-15(2)21(3)4/h8-11,14H,5-7,12-13H2,1-4H3,(H,20,23)/b19-15+. The van der Waals surface area contributed by atoms with E-state index in [1.807, 2.05) is 57.1 Å². The molecular weight excluding hydrogens is 288 g/mol.